The maximum atomic E-state index is 14.6. The molecule has 6 nitrogen and oxygen atoms in total. The van der Waals surface area contributed by atoms with Crippen molar-refractivity contribution in [1.82, 2.24) is 4.90 Å². The molecule has 0 aliphatic rings. The van der Waals surface area contributed by atoms with E-state index in [1.165, 1.54) is 0 Å². The first-order chi connectivity index (χ1) is 13.7. The molecule has 0 bridgehead atoms. The van der Waals surface area contributed by atoms with E-state index >= 15 is 0 Å². The Bertz CT molecular complexity index is 803. The highest BCUT2D eigenvalue weighted by molar-refractivity contribution is 5.90. The van der Waals surface area contributed by atoms with E-state index in [0.29, 0.717) is 11.1 Å². The summed E-state index contributed by atoms with van der Waals surface area (Å²) in [6.07, 6.45) is -3.47. The Hall–Kier alpha value is -2.84. The fraction of sp³-hybridized carbons (Fsp3) is 0.333. The van der Waals surface area contributed by atoms with Crippen LogP contribution in [0.25, 0.3) is 0 Å². The van der Waals surface area contributed by atoms with Crippen LogP contribution >= 0.6 is 0 Å². The van der Waals surface area contributed by atoms with E-state index < -0.39 is 36.6 Å². The number of carbonyl (C=O) groups excluding carboxylic acids is 2. The van der Waals surface area contributed by atoms with Crippen molar-refractivity contribution < 1.29 is 28.2 Å². The third-order valence-corrected chi connectivity index (χ3v) is 4.33. The van der Waals surface area contributed by atoms with Gasteiger partial charge in [0.25, 0.3) is 5.92 Å². The minimum absolute atomic E-state index is 0.0100. The molecule has 0 aliphatic heterocycles. The topological polar surface area (TPSA) is 92.9 Å². The van der Waals surface area contributed by atoms with E-state index in [0.717, 1.165) is 6.92 Å². The molecule has 3 N–H and O–H groups in total. The van der Waals surface area contributed by atoms with Crippen molar-refractivity contribution in [3.63, 3.8) is 0 Å². The number of nitrogens with two attached hydrogens (primary N) is 1. The minimum atomic E-state index is -3.81. The van der Waals surface area contributed by atoms with Gasteiger partial charge in [-0.3, -0.25) is 4.79 Å². The lowest BCUT2D eigenvalue weighted by Gasteiger charge is -2.30. The second-order valence-electron chi connectivity index (χ2n) is 6.70. The van der Waals surface area contributed by atoms with Gasteiger partial charge in [-0.25, -0.2) is 18.5 Å². The maximum Gasteiger partial charge on any atom is 0.417 e. The second kappa shape index (κ2) is 10.1. The van der Waals surface area contributed by atoms with Crippen LogP contribution in [0.2, 0.25) is 0 Å². The van der Waals surface area contributed by atoms with E-state index in [-0.39, 0.29) is 17.9 Å². The van der Waals surface area contributed by atoms with Crippen LogP contribution in [0.1, 0.15) is 18.1 Å². The van der Waals surface area contributed by atoms with Gasteiger partial charge in [-0.05, 0) is 17.5 Å². The van der Waals surface area contributed by atoms with Gasteiger partial charge in [0, 0.05) is 13.0 Å². The van der Waals surface area contributed by atoms with Crippen molar-refractivity contribution in [3.8, 4) is 0 Å². The maximum absolute atomic E-state index is 14.6. The first kappa shape index (κ1) is 22.4. The van der Waals surface area contributed by atoms with Crippen LogP contribution in [0.4, 0.5) is 13.6 Å². The normalized spacial score (nSPS) is 13.4. The molecule has 0 aromatic heterocycles. The van der Waals surface area contributed by atoms with Crippen molar-refractivity contribution in [1.29, 1.82) is 0 Å². The highest BCUT2D eigenvalue weighted by Gasteiger charge is 2.45. The summed E-state index contributed by atoms with van der Waals surface area (Å²) in [5, 5.41) is 10.1. The SMILES string of the molecule is CC(=O)N(CC(F)(F)C(O)C(N)Cc1ccccc1)C(=O)OCc1ccccc1. The number of hydrogen-bond donors (Lipinski definition) is 2. The van der Waals surface area contributed by atoms with Gasteiger partial charge in [-0.1, -0.05) is 60.7 Å². The lowest BCUT2D eigenvalue weighted by atomic mass is 9.97. The van der Waals surface area contributed by atoms with Gasteiger partial charge in [-0.15, -0.1) is 0 Å². The predicted molar refractivity (Wildman–Crippen MR) is 103 cm³/mol. The molecule has 2 unspecified atom stereocenters. The highest BCUT2D eigenvalue weighted by atomic mass is 19.3. The third kappa shape index (κ3) is 6.62. The van der Waals surface area contributed by atoms with Gasteiger partial charge in [0.2, 0.25) is 5.91 Å². The van der Waals surface area contributed by atoms with E-state index in [2.05, 4.69) is 0 Å². The molecule has 8 heteroatoms. The number of amides is 2. The molecule has 0 saturated carbocycles. The Labute approximate surface area is 167 Å². The van der Waals surface area contributed by atoms with Gasteiger partial charge in [0.1, 0.15) is 12.7 Å². The van der Waals surface area contributed by atoms with Crippen molar-refractivity contribution in [3.05, 3.63) is 71.8 Å². The molecule has 29 heavy (non-hydrogen) atoms. The van der Waals surface area contributed by atoms with E-state index in [1.54, 1.807) is 60.7 Å². The van der Waals surface area contributed by atoms with Crippen LogP contribution in [-0.2, 0) is 22.6 Å². The van der Waals surface area contributed by atoms with E-state index in [4.69, 9.17) is 10.5 Å². The average Bonchev–Trinajstić information content (AvgIpc) is 2.71. The van der Waals surface area contributed by atoms with E-state index in [1.807, 2.05) is 0 Å². The smallest absolute Gasteiger partial charge is 0.417 e. The van der Waals surface area contributed by atoms with Crippen molar-refractivity contribution >= 4 is 12.0 Å². The predicted octanol–water partition coefficient (Wildman–Crippen LogP) is 2.74. The average molecular weight is 406 g/mol. The zero-order chi connectivity index (χ0) is 21.4. The van der Waals surface area contributed by atoms with Gasteiger partial charge in [0.05, 0.1) is 6.54 Å². The number of alkyl halides is 2. The number of carbonyl (C=O) groups is 2. The minimum Gasteiger partial charge on any atom is -0.444 e. The van der Waals surface area contributed by atoms with Crippen molar-refractivity contribution in [2.75, 3.05) is 6.54 Å². The molecule has 0 fully saturated rings. The number of rotatable bonds is 8. The van der Waals surface area contributed by atoms with Crippen molar-refractivity contribution in [2.45, 2.75) is 38.0 Å². The first-order valence-electron chi connectivity index (χ1n) is 9.05. The van der Waals surface area contributed by atoms with Gasteiger partial charge < -0.3 is 15.6 Å². The summed E-state index contributed by atoms with van der Waals surface area (Å²) >= 11 is 0. The summed E-state index contributed by atoms with van der Waals surface area (Å²) in [6, 6.07) is 15.9. The van der Waals surface area contributed by atoms with Crippen LogP contribution in [-0.4, -0.2) is 46.6 Å². The number of aliphatic hydroxyl groups excluding tert-OH is 1. The Morgan fingerprint density at radius 3 is 2.10 bits per heavy atom. The monoisotopic (exact) mass is 406 g/mol. The first-order valence-corrected chi connectivity index (χ1v) is 9.05. The fourth-order valence-electron chi connectivity index (χ4n) is 2.72. The number of halogens is 2. The molecule has 2 rings (SSSR count). The molecule has 0 aliphatic carbocycles. The number of ether oxygens (including phenoxy) is 1. The molecular formula is C21H24F2N2O4. The Kier molecular flexibility index (Phi) is 7.81. The van der Waals surface area contributed by atoms with Crippen molar-refractivity contribution in [2.24, 2.45) is 5.73 Å². The third-order valence-electron chi connectivity index (χ3n) is 4.33. The largest absolute Gasteiger partial charge is 0.444 e. The molecule has 2 amide bonds. The van der Waals surface area contributed by atoms with Crippen LogP contribution in [0, 0.1) is 0 Å². The molecule has 0 saturated heterocycles. The molecular weight excluding hydrogens is 382 g/mol. The highest BCUT2D eigenvalue weighted by Crippen LogP contribution is 2.24. The summed E-state index contributed by atoms with van der Waals surface area (Å²) in [7, 11) is 0. The Morgan fingerprint density at radius 2 is 1.59 bits per heavy atom. The number of imide groups is 1. The van der Waals surface area contributed by atoms with Crippen LogP contribution in [0.5, 0.6) is 0 Å². The zero-order valence-electron chi connectivity index (χ0n) is 16.0. The summed E-state index contributed by atoms with van der Waals surface area (Å²) in [6.45, 7) is -0.541. The quantitative estimate of drug-likeness (QED) is 0.703. The lowest BCUT2D eigenvalue weighted by molar-refractivity contribution is -0.147. The van der Waals surface area contributed by atoms with Crippen LogP contribution in [0.15, 0.2) is 60.7 Å². The molecule has 2 aromatic rings. The number of aliphatic hydroxyl groups is 1. The summed E-state index contributed by atoms with van der Waals surface area (Å²) in [5.74, 6) is -4.74. The summed E-state index contributed by atoms with van der Waals surface area (Å²) in [5.41, 5.74) is 7.07. The number of benzene rings is 2. The fourth-order valence-corrected chi connectivity index (χ4v) is 2.72. The van der Waals surface area contributed by atoms with Gasteiger partial charge in [-0.2, -0.15) is 0 Å². The molecule has 156 valence electrons. The van der Waals surface area contributed by atoms with E-state index in [9.17, 15) is 23.5 Å². The summed E-state index contributed by atoms with van der Waals surface area (Å²) in [4.78, 5) is 24.2. The standard InChI is InChI=1S/C21H24F2N2O4/c1-15(26)25(20(28)29-13-17-10-6-3-7-11-17)14-21(22,23)19(27)18(24)12-16-8-4-2-5-9-16/h2-11,18-19,27H,12-14,24H2,1H3. The molecule has 2 aromatic carbocycles. The summed E-state index contributed by atoms with van der Waals surface area (Å²) < 4.78 is 34.1. The van der Waals surface area contributed by atoms with Gasteiger partial charge >= 0.3 is 6.09 Å². The van der Waals surface area contributed by atoms with Crippen LogP contribution in [0.3, 0.4) is 0 Å². The number of hydrogen-bond acceptors (Lipinski definition) is 5. The lowest BCUT2D eigenvalue weighted by Crippen LogP contribution is -2.55. The second-order valence-corrected chi connectivity index (χ2v) is 6.70. The molecule has 0 radical (unpaired) electrons. The zero-order valence-corrected chi connectivity index (χ0v) is 16.0. The molecule has 2 atom stereocenters. The van der Waals surface area contributed by atoms with Gasteiger partial charge in [0.15, 0.2) is 0 Å². The Balaban J connectivity index is 2.00. The Morgan fingerprint density at radius 1 is 1.07 bits per heavy atom. The molecule has 0 heterocycles. The molecule has 0 spiro atoms. The van der Waals surface area contributed by atoms with Crippen LogP contribution < -0.4 is 5.73 Å². The number of nitrogens with zero attached hydrogens (tertiary/aromatic N) is 1.